The molecule has 2 heterocycles. The van der Waals surface area contributed by atoms with Gasteiger partial charge in [-0.1, -0.05) is 0 Å². The van der Waals surface area contributed by atoms with E-state index in [-0.39, 0.29) is 18.2 Å². The Kier molecular flexibility index (Phi) is 2.77. The normalized spacial score (nSPS) is 36.9. The zero-order chi connectivity index (χ0) is 12.0. The third-order valence-electron chi connectivity index (χ3n) is 4.65. The number of hydrogen-bond donors (Lipinski definition) is 1. The summed E-state index contributed by atoms with van der Waals surface area (Å²) in [7, 11) is 1.91. The maximum absolute atomic E-state index is 12.1. The Bertz CT molecular complexity index is 317. The first kappa shape index (κ1) is 11.3. The molecule has 96 valence electrons. The number of hydrogen-bond acceptors (Lipinski definition) is 2. The molecule has 1 N–H and O–H groups in total. The molecule has 2 saturated heterocycles. The van der Waals surface area contributed by atoms with Crippen molar-refractivity contribution in [2.24, 2.45) is 5.92 Å². The number of nitrogens with one attached hydrogen (secondary N) is 1. The van der Waals surface area contributed by atoms with Crippen molar-refractivity contribution in [1.29, 1.82) is 0 Å². The predicted molar refractivity (Wildman–Crippen MR) is 64.8 cm³/mol. The molecular weight excluding hydrogens is 216 g/mol. The van der Waals surface area contributed by atoms with E-state index in [0.29, 0.717) is 12.1 Å². The van der Waals surface area contributed by atoms with Crippen LogP contribution in [0.25, 0.3) is 0 Å². The number of urea groups is 1. The van der Waals surface area contributed by atoms with Gasteiger partial charge in [0.25, 0.3) is 0 Å². The number of nitrogens with zero attached hydrogens (tertiary/aromatic N) is 1. The molecule has 2 amide bonds. The molecule has 1 saturated carbocycles. The van der Waals surface area contributed by atoms with Gasteiger partial charge in [0.2, 0.25) is 0 Å². The number of amides is 2. The zero-order valence-corrected chi connectivity index (χ0v) is 10.7. The highest BCUT2D eigenvalue weighted by Gasteiger charge is 2.42. The van der Waals surface area contributed by atoms with Crippen LogP contribution in [0.2, 0.25) is 0 Å². The number of ether oxygens (including phenoxy) is 1. The van der Waals surface area contributed by atoms with Crippen LogP contribution < -0.4 is 5.32 Å². The van der Waals surface area contributed by atoms with Gasteiger partial charge in [-0.2, -0.15) is 0 Å². The van der Waals surface area contributed by atoms with E-state index >= 15 is 0 Å². The van der Waals surface area contributed by atoms with Crippen molar-refractivity contribution in [2.75, 3.05) is 7.05 Å². The summed E-state index contributed by atoms with van der Waals surface area (Å²) < 4.78 is 5.75. The molecule has 0 unspecified atom stereocenters. The molecule has 4 nitrogen and oxygen atoms in total. The van der Waals surface area contributed by atoms with E-state index in [1.165, 1.54) is 19.3 Å². The van der Waals surface area contributed by atoms with Crippen molar-refractivity contribution in [1.82, 2.24) is 10.2 Å². The van der Waals surface area contributed by atoms with Gasteiger partial charge in [-0.05, 0) is 44.9 Å². The molecule has 1 aliphatic carbocycles. The van der Waals surface area contributed by atoms with Gasteiger partial charge < -0.3 is 15.0 Å². The Morgan fingerprint density at radius 1 is 1.35 bits per heavy atom. The molecule has 0 aromatic rings. The van der Waals surface area contributed by atoms with E-state index in [1.54, 1.807) is 0 Å². The number of rotatable bonds is 3. The van der Waals surface area contributed by atoms with Gasteiger partial charge in [-0.15, -0.1) is 0 Å². The Morgan fingerprint density at radius 3 is 2.65 bits per heavy atom. The van der Waals surface area contributed by atoms with Crippen LogP contribution in [0.5, 0.6) is 0 Å². The van der Waals surface area contributed by atoms with E-state index in [0.717, 1.165) is 18.8 Å². The molecule has 0 aromatic heterocycles. The maximum atomic E-state index is 12.1. The van der Waals surface area contributed by atoms with Crippen LogP contribution in [0.3, 0.4) is 0 Å². The monoisotopic (exact) mass is 238 g/mol. The third-order valence-corrected chi connectivity index (χ3v) is 4.65. The fourth-order valence-electron chi connectivity index (χ4n) is 3.13. The molecule has 3 aliphatic rings. The van der Waals surface area contributed by atoms with E-state index in [4.69, 9.17) is 4.74 Å². The Hall–Kier alpha value is -0.770. The van der Waals surface area contributed by atoms with Crippen LogP contribution in [-0.2, 0) is 4.74 Å². The van der Waals surface area contributed by atoms with Crippen LogP contribution in [0.15, 0.2) is 0 Å². The quantitative estimate of drug-likeness (QED) is 0.814. The minimum Gasteiger partial charge on any atom is -0.373 e. The van der Waals surface area contributed by atoms with Gasteiger partial charge in [-0.3, -0.25) is 0 Å². The molecule has 2 aliphatic heterocycles. The summed E-state index contributed by atoms with van der Waals surface area (Å²) in [4.78, 5) is 14.0. The second kappa shape index (κ2) is 4.16. The first-order chi connectivity index (χ1) is 8.15. The summed E-state index contributed by atoms with van der Waals surface area (Å²) in [6.45, 7) is 2.15. The molecule has 4 heteroatoms. The van der Waals surface area contributed by atoms with Crippen molar-refractivity contribution < 1.29 is 9.53 Å². The lowest BCUT2D eigenvalue weighted by atomic mass is 9.96. The lowest BCUT2D eigenvalue weighted by molar-refractivity contribution is 0.0967. The molecule has 17 heavy (non-hydrogen) atoms. The van der Waals surface area contributed by atoms with Gasteiger partial charge >= 0.3 is 6.03 Å². The van der Waals surface area contributed by atoms with E-state index in [9.17, 15) is 4.79 Å². The Balaban J connectivity index is 1.52. The lowest BCUT2D eigenvalue weighted by Crippen LogP contribution is -2.49. The Morgan fingerprint density at radius 2 is 2.12 bits per heavy atom. The summed E-state index contributed by atoms with van der Waals surface area (Å²) in [6.07, 6.45) is 6.50. The SMILES string of the molecule is C[C@@H](C1CC1)N(C)C(=O)N[C@H]1C[C@H]2CC[C@H]1O2. The van der Waals surface area contributed by atoms with Crippen molar-refractivity contribution >= 4 is 6.03 Å². The van der Waals surface area contributed by atoms with Crippen molar-refractivity contribution in [3.8, 4) is 0 Å². The average molecular weight is 238 g/mol. The summed E-state index contributed by atoms with van der Waals surface area (Å²) in [5.41, 5.74) is 0. The van der Waals surface area contributed by atoms with E-state index in [1.807, 2.05) is 11.9 Å². The van der Waals surface area contributed by atoms with Crippen molar-refractivity contribution in [3.05, 3.63) is 0 Å². The van der Waals surface area contributed by atoms with Gasteiger partial charge in [-0.25, -0.2) is 4.79 Å². The highest BCUT2D eigenvalue weighted by Crippen LogP contribution is 2.36. The van der Waals surface area contributed by atoms with E-state index < -0.39 is 0 Å². The van der Waals surface area contributed by atoms with Crippen LogP contribution in [0.4, 0.5) is 4.79 Å². The van der Waals surface area contributed by atoms with Gasteiger partial charge in [0, 0.05) is 13.1 Å². The summed E-state index contributed by atoms with van der Waals surface area (Å²) in [6, 6.07) is 0.690. The lowest BCUT2D eigenvalue weighted by Gasteiger charge is -2.28. The molecule has 0 spiro atoms. The van der Waals surface area contributed by atoms with E-state index in [2.05, 4.69) is 12.2 Å². The molecule has 3 rings (SSSR count). The first-order valence-corrected chi connectivity index (χ1v) is 6.84. The number of carbonyl (C=O) groups is 1. The largest absolute Gasteiger partial charge is 0.373 e. The topological polar surface area (TPSA) is 41.6 Å². The standard InChI is InChI=1S/C13H22N2O2/c1-8(9-3-4-9)15(2)13(16)14-11-7-10-5-6-12(11)17-10/h8-12H,3-7H2,1-2H3,(H,14,16)/t8-,10+,11-,12+/m0/s1. The van der Waals surface area contributed by atoms with Gasteiger partial charge in [0.15, 0.2) is 0 Å². The van der Waals surface area contributed by atoms with Crippen molar-refractivity contribution in [2.45, 2.75) is 63.3 Å². The van der Waals surface area contributed by atoms with Crippen LogP contribution in [0.1, 0.15) is 39.0 Å². The average Bonchev–Trinajstić information content (AvgIpc) is 2.98. The fourth-order valence-corrected chi connectivity index (χ4v) is 3.13. The maximum Gasteiger partial charge on any atom is 0.317 e. The predicted octanol–water partition coefficient (Wildman–Crippen LogP) is 1.75. The number of carbonyl (C=O) groups excluding carboxylic acids is 1. The first-order valence-electron chi connectivity index (χ1n) is 6.84. The van der Waals surface area contributed by atoms with Crippen LogP contribution >= 0.6 is 0 Å². The summed E-state index contributed by atoms with van der Waals surface area (Å²) in [5.74, 6) is 0.724. The highest BCUT2D eigenvalue weighted by molar-refractivity contribution is 5.74. The fraction of sp³-hybridized carbons (Fsp3) is 0.923. The van der Waals surface area contributed by atoms with Gasteiger partial charge in [0.05, 0.1) is 18.2 Å². The zero-order valence-electron chi connectivity index (χ0n) is 10.7. The summed E-state index contributed by atoms with van der Waals surface area (Å²) >= 11 is 0. The van der Waals surface area contributed by atoms with Gasteiger partial charge in [0.1, 0.15) is 0 Å². The molecular formula is C13H22N2O2. The van der Waals surface area contributed by atoms with Crippen molar-refractivity contribution in [3.63, 3.8) is 0 Å². The van der Waals surface area contributed by atoms with Crippen LogP contribution in [-0.4, -0.2) is 42.3 Å². The second-order valence-corrected chi connectivity index (χ2v) is 5.85. The molecule has 4 atom stereocenters. The highest BCUT2D eigenvalue weighted by atomic mass is 16.5. The summed E-state index contributed by atoms with van der Waals surface area (Å²) in [5, 5.41) is 3.14. The molecule has 3 fully saturated rings. The minimum atomic E-state index is 0.0746. The number of fused-ring (bicyclic) bond motifs is 2. The molecule has 0 radical (unpaired) electrons. The second-order valence-electron chi connectivity index (χ2n) is 5.85. The molecule has 0 aromatic carbocycles. The smallest absolute Gasteiger partial charge is 0.317 e. The Labute approximate surface area is 103 Å². The molecule has 2 bridgehead atoms. The minimum absolute atomic E-state index is 0.0746. The third kappa shape index (κ3) is 2.15. The van der Waals surface area contributed by atoms with Crippen LogP contribution in [0, 0.1) is 5.92 Å².